The second kappa shape index (κ2) is 10.7. The van der Waals surface area contributed by atoms with Gasteiger partial charge in [-0.15, -0.1) is 0 Å². The summed E-state index contributed by atoms with van der Waals surface area (Å²) in [7, 11) is 2.50. The molecule has 1 rings (SSSR count). The fourth-order valence-corrected chi connectivity index (χ4v) is 2.44. The van der Waals surface area contributed by atoms with Crippen LogP contribution in [0.25, 0.3) is 0 Å². The molecule has 8 nitrogen and oxygen atoms in total. The molecule has 0 saturated heterocycles. The number of carbonyl (C=O) groups excluding carboxylic acids is 3. The molecule has 4 N–H and O–H groups in total. The number of likely N-dealkylation sites (N-methyl/N-ethyl adjacent to an activating group) is 1. The van der Waals surface area contributed by atoms with Gasteiger partial charge in [0.2, 0.25) is 0 Å². The molecule has 2 unspecified atom stereocenters. The van der Waals surface area contributed by atoms with Crippen molar-refractivity contribution in [2.24, 2.45) is 0 Å². The molecule has 0 saturated carbocycles. The summed E-state index contributed by atoms with van der Waals surface area (Å²) >= 11 is 5.92. The van der Waals surface area contributed by atoms with Gasteiger partial charge in [0.25, 0.3) is 11.8 Å². The van der Waals surface area contributed by atoms with Crippen molar-refractivity contribution in [2.45, 2.75) is 38.1 Å². The number of amides is 3. The number of aliphatic hydroxyl groups is 1. The first-order valence-electron chi connectivity index (χ1n) is 8.18. The lowest BCUT2D eigenvalue weighted by Gasteiger charge is -2.24. The van der Waals surface area contributed by atoms with Gasteiger partial charge in [-0.25, -0.2) is 9.18 Å². The molecule has 150 valence electrons. The quantitative estimate of drug-likeness (QED) is 0.528. The van der Waals surface area contributed by atoms with Gasteiger partial charge in [0.15, 0.2) is 6.10 Å². The largest absolute Gasteiger partial charge is 0.453 e. The van der Waals surface area contributed by atoms with Crippen molar-refractivity contribution in [3.8, 4) is 0 Å². The number of ether oxygens (including phenoxy) is 1. The molecule has 0 heterocycles. The van der Waals surface area contributed by atoms with Gasteiger partial charge in [-0.1, -0.05) is 11.6 Å². The van der Waals surface area contributed by atoms with Crippen molar-refractivity contribution in [2.75, 3.05) is 19.5 Å². The first kappa shape index (κ1) is 22.7. The molecule has 3 atom stereocenters. The van der Waals surface area contributed by atoms with E-state index in [0.29, 0.717) is 0 Å². The van der Waals surface area contributed by atoms with E-state index in [1.807, 2.05) is 0 Å². The number of hydrogen-bond donors (Lipinski definition) is 4. The number of anilines is 1. The zero-order chi connectivity index (χ0) is 20.6. The number of methoxy groups -OCH3 is 1. The molecular weight excluding hydrogens is 381 g/mol. The smallest absolute Gasteiger partial charge is 0.411 e. The van der Waals surface area contributed by atoms with Gasteiger partial charge in [-0.2, -0.15) is 0 Å². The first-order chi connectivity index (χ1) is 12.7. The summed E-state index contributed by atoms with van der Waals surface area (Å²) in [6, 6.07) is 3.14. The number of benzene rings is 1. The molecule has 0 aromatic heterocycles. The average molecular weight is 404 g/mol. The van der Waals surface area contributed by atoms with Crippen LogP contribution in [-0.2, 0) is 9.53 Å². The molecule has 0 aliphatic heterocycles. The molecule has 0 aliphatic carbocycles. The maximum absolute atomic E-state index is 13.2. The van der Waals surface area contributed by atoms with Crippen molar-refractivity contribution < 1.29 is 28.6 Å². The lowest BCUT2D eigenvalue weighted by Crippen LogP contribution is -2.50. The molecule has 0 bridgehead atoms. The Hall–Kier alpha value is -2.39. The highest BCUT2D eigenvalue weighted by Crippen LogP contribution is 2.22. The number of alkyl halides is 1. The summed E-state index contributed by atoms with van der Waals surface area (Å²) < 4.78 is 17.7. The Bertz CT molecular complexity index is 687. The molecular formula is C17H23ClFN3O5. The van der Waals surface area contributed by atoms with E-state index in [9.17, 15) is 23.9 Å². The summed E-state index contributed by atoms with van der Waals surface area (Å²) in [6.07, 6.45) is -3.49. The lowest BCUT2D eigenvalue weighted by atomic mass is 10.0. The molecule has 0 fully saturated rings. The Morgan fingerprint density at radius 2 is 1.96 bits per heavy atom. The number of rotatable bonds is 8. The van der Waals surface area contributed by atoms with Crippen LogP contribution in [0, 0.1) is 0 Å². The minimum absolute atomic E-state index is 0.00435. The SMILES string of the molecule is CNC(=O)C(O)[C@H](CCC(C)F)NC(=O)c1cc(Cl)ccc1NC(=O)OC. The van der Waals surface area contributed by atoms with Crippen LogP contribution in [0.2, 0.25) is 5.02 Å². The van der Waals surface area contributed by atoms with Gasteiger partial charge in [0.1, 0.15) is 0 Å². The van der Waals surface area contributed by atoms with E-state index < -0.39 is 36.2 Å². The van der Waals surface area contributed by atoms with Crippen molar-refractivity contribution in [1.82, 2.24) is 10.6 Å². The van der Waals surface area contributed by atoms with Crippen molar-refractivity contribution in [3.05, 3.63) is 28.8 Å². The third kappa shape index (κ3) is 7.03. The topological polar surface area (TPSA) is 117 Å². The predicted octanol–water partition coefficient (Wildman–Crippen LogP) is 1.86. The Morgan fingerprint density at radius 3 is 2.52 bits per heavy atom. The summed E-state index contributed by atoms with van der Waals surface area (Å²) in [5.41, 5.74) is 0.117. The third-order valence-electron chi connectivity index (χ3n) is 3.74. The molecule has 0 aliphatic rings. The van der Waals surface area contributed by atoms with Crippen molar-refractivity contribution in [1.29, 1.82) is 0 Å². The summed E-state index contributed by atoms with van der Waals surface area (Å²) in [4.78, 5) is 35.8. The van der Waals surface area contributed by atoms with Crippen LogP contribution in [0.1, 0.15) is 30.1 Å². The second-order valence-corrected chi connectivity index (χ2v) is 6.24. The van der Waals surface area contributed by atoms with E-state index >= 15 is 0 Å². The van der Waals surface area contributed by atoms with Gasteiger partial charge in [0, 0.05) is 12.1 Å². The minimum atomic E-state index is -1.58. The number of halogens is 2. The van der Waals surface area contributed by atoms with Gasteiger partial charge in [0.05, 0.1) is 30.6 Å². The van der Waals surface area contributed by atoms with Crippen LogP contribution >= 0.6 is 11.6 Å². The molecule has 3 amide bonds. The Kier molecular flexibility index (Phi) is 8.96. The van der Waals surface area contributed by atoms with Gasteiger partial charge >= 0.3 is 6.09 Å². The zero-order valence-corrected chi connectivity index (χ0v) is 16.0. The van der Waals surface area contributed by atoms with Gasteiger partial charge in [-0.3, -0.25) is 14.9 Å². The van der Waals surface area contributed by atoms with Crippen LogP contribution < -0.4 is 16.0 Å². The number of carbonyl (C=O) groups is 3. The second-order valence-electron chi connectivity index (χ2n) is 5.80. The van der Waals surface area contributed by atoms with Gasteiger partial charge in [-0.05, 0) is 38.0 Å². The summed E-state index contributed by atoms with van der Waals surface area (Å²) in [6.45, 7) is 1.33. The van der Waals surface area contributed by atoms with E-state index in [1.54, 1.807) is 0 Å². The highest BCUT2D eigenvalue weighted by Gasteiger charge is 2.28. The van der Waals surface area contributed by atoms with E-state index in [4.69, 9.17) is 11.6 Å². The molecule has 27 heavy (non-hydrogen) atoms. The Labute approximate surface area is 161 Å². The van der Waals surface area contributed by atoms with Crippen LogP contribution in [-0.4, -0.2) is 55.5 Å². The Balaban J connectivity index is 3.07. The Morgan fingerprint density at radius 1 is 1.30 bits per heavy atom. The normalized spacial score (nSPS) is 13.9. The highest BCUT2D eigenvalue weighted by molar-refractivity contribution is 6.31. The van der Waals surface area contributed by atoms with Crippen molar-refractivity contribution >= 4 is 35.2 Å². The minimum Gasteiger partial charge on any atom is -0.453 e. The molecule has 1 aromatic rings. The van der Waals surface area contributed by atoms with Crippen molar-refractivity contribution in [3.63, 3.8) is 0 Å². The maximum Gasteiger partial charge on any atom is 0.411 e. The maximum atomic E-state index is 13.2. The van der Waals surface area contributed by atoms with Crippen LogP contribution in [0.15, 0.2) is 18.2 Å². The van der Waals surface area contributed by atoms with E-state index in [1.165, 1.54) is 39.3 Å². The average Bonchev–Trinajstić information content (AvgIpc) is 2.64. The lowest BCUT2D eigenvalue weighted by molar-refractivity contribution is -0.130. The highest BCUT2D eigenvalue weighted by atomic mass is 35.5. The van der Waals surface area contributed by atoms with Crippen LogP contribution in [0.5, 0.6) is 0 Å². The first-order valence-corrected chi connectivity index (χ1v) is 8.56. The fourth-order valence-electron chi connectivity index (χ4n) is 2.27. The van der Waals surface area contributed by atoms with Crippen LogP contribution in [0.3, 0.4) is 0 Å². The molecule has 10 heteroatoms. The summed E-state index contributed by atoms with van der Waals surface area (Å²) in [5.74, 6) is -1.42. The summed E-state index contributed by atoms with van der Waals surface area (Å²) in [5, 5.41) is 17.5. The molecule has 0 radical (unpaired) electrons. The molecule has 1 aromatic carbocycles. The van der Waals surface area contributed by atoms with E-state index in [0.717, 1.165) is 0 Å². The van der Waals surface area contributed by atoms with E-state index in [-0.39, 0.29) is 29.1 Å². The number of nitrogens with one attached hydrogen (secondary N) is 3. The van der Waals surface area contributed by atoms with E-state index in [2.05, 4.69) is 20.7 Å². The standard InChI is InChI=1S/C17H23ClFN3O5/c1-9(19)4-6-13(14(23)16(25)20-2)21-15(24)11-8-10(18)5-7-12(11)22-17(26)27-3/h5,7-9,13-14,23H,4,6H2,1-3H3,(H,20,25)(H,21,24)(H,22,26)/t9?,13-,14?/m0/s1. The number of hydrogen-bond acceptors (Lipinski definition) is 5. The monoisotopic (exact) mass is 403 g/mol. The van der Waals surface area contributed by atoms with Gasteiger partial charge < -0.3 is 20.5 Å². The fraction of sp³-hybridized carbons (Fsp3) is 0.471. The third-order valence-corrected chi connectivity index (χ3v) is 3.97. The van der Waals surface area contributed by atoms with Crippen LogP contribution in [0.4, 0.5) is 14.9 Å². The molecule has 0 spiro atoms. The number of aliphatic hydroxyl groups excluding tert-OH is 1. The predicted molar refractivity (Wildman–Crippen MR) is 98.6 cm³/mol. The zero-order valence-electron chi connectivity index (χ0n) is 15.2.